The van der Waals surface area contributed by atoms with Gasteiger partial charge in [-0.1, -0.05) is 13.0 Å². The molecule has 110 valence electrons. The molecule has 1 aromatic carbocycles. The van der Waals surface area contributed by atoms with E-state index in [0.717, 1.165) is 18.5 Å². The lowest BCUT2D eigenvalue weighted by molar-refractivity contribution is -0.131. The van der Waals surface area contributed by atoms with Crippen LogP contribution in [-0.4, -0.2) is 31.7 Å². The van der Waals surface area contributed by atoms with E-state index in [2.05, 4.69) is 10.6 Å². The van der Waals surface area contributed by atoms with E-state index in [4.69, 9.17) is 4.74 Å². The lowest BCUT2D eigenvalue weighted by atomic mass is 10.0. The maximum Gasteiger partial charge on any atom is 0.249 e. The average Bonchev–Trinajstić information content (AvgIpc) is 2.84. The van der Waals surface area contributed by atoms with E-state index in [1.54, 1.807) is 6.07 Å². The second-order valence-corrected chi connectivity index (χ2v) is 5.14. The van der Waals surface area contributed by atoms with Gasteiger partial charge in [-0.2, -0.15) is 0 Å². The molecule has 1 aromatic rings. The molecule has 2 rings (SSSR count). The molecule has 1 saturated heterocycles. The van der Waals surface area contributed by atoms with Crippen LogP contribution in [0.1, 0.15) is 19.8 Å². The van der Waals surface area contributed by atoms with E-state index in [1.807, 2.05) is 13.0 Å². The van der Waals surface area contributed by atoms with Gasteiger partial charge in [0.05, 0.1) is 0 Å². The molecule has 0 bridgehead atoms. The third-order valence-corrected chi connectivity index (χ3v) is 3.45. The number of nitrogens with one attached hydrogen (secondary N) is 2. The minimum absolute atomic E-state index is 0.0271. The first kappa shape index (κ1) is 14.8. The van der Waals surface area contributed by atoms with Crippen molar-refractivity contribution in [2.75, 3.05) is 25.0 Å². The second kappa shape index (κ2) is 7.24. The predicted molar refractivity (Wildman–Crippen MR) is 76.0 cm³/mol. The number of halogens is 1. The number of ether oxygens (including phenoxy) is 1. The van der Waals surface area contributed by atoms with Crippen molar-refractivity contribution in [3.63, 3.8) is 0 Å². The Kier molecular flexibility index (Phi) is 5.35. The first-order valence-corrected chi connectivity index (χ1v) is 7.05. The van der Waals surface area contributed by atoms with Crippen molar-refractivity contribution in [2.24, 2.45) is 5.92 Å². The van der Waals surface area contributed by atoms with Crippen LogP contribution in [0.5, 0.6) is 0 Å². The highest BCUT2D eigenvalue weighted by Crippen LogP contribution is 2.19. The summed E-state index contributed by atoms with van der Waals surface area (Å²) in [5.74, 6) is 0.0110. The minimum Gasteiger partial charge on any atom is -0.385 e. The fourth-order valence-corrected chi connectivity index (χ4v) is 2.26. The van der Waals surface area contributed by atoms with Gasteiger partial charge >= 0.3 is 0 Å². The molecule has 2 N–H and O–H groups in total. The van der Waals surface area contributed by atoms with Crippen LogP contribution in [0.2, 0.25) is 0 Å². The highest BCUT2D eigenvalue weighted by molar-refractivity contribution is 5.81. The number of amides is 1. The molecular formula is C15H21FN2O2. The third-order valence-electron chi connectivity index (χ3n) is 3.45. The van der Waals surface area contributed by atoms with Crippen LogP contribution in [0.25, 0.3) is 0 Å². The molecule has 1 heterocycles. The number of rotatable bonds is 6. The Balaban J connectivity index is 1.61. The van der Waals surface area contributed by atoms with Gasteiger partial charge in [-0.25, -0.2) is 4.39 Å². The van der Waals surface area contributed by atoms with Gasteiger partial charge < -0.3 is 15.4 Å². The lowest BCUT2D eigenvalue weighted by Gasteiger charge is -2.14. The largest absolute Gasteiger partial charge is 0.385 e. The van der Waals surface area contributed by atoms with Crippen molar-refractivity contribution < 1.29 is 13.9 Å². The summed E-state index contributed by atoms with van der Waals surface area (Å²) >= 11 is 0. The molecule has 20 heavy (non-hydrogen) atoms. The van der Waals surface area contributed by atoms with Crippen molar-refractivity contribution in [2.45, 2.75) is 25.9 Å². The molecule has 1 fully saturated rings. The molecule has 1 aliphatic heterocycles. The van der Waals surface area contributed by atoms with Crippen LogP contribution >= 0.6 is 0 Å². The van der Waals surface area contributed by atoms with E-state index >= 15 is 0 Å². The summed E-state index contributed by atoms with van der Waals surface area (Å²) < 4.78 is 18.3. The Bertz CT molecular complexity index is 453. The Morgan fingerprint density at radius 1 is 1.45 bits per heavy atom. The minimum atomic E-state index is -0.300. The first-order chi connectivity index (χ1) is 9.66. The summed E-state index contributed by atoms with van der Waals surface area (Å²) in [6.45, 7) is 3.97. The normalized spacial score (nSPS) is 21.7. The van der Waals surface area contributed by atoms with Crippen molar-refractivity contribution >= 4 is 11.6 Å². The summed E-state index contributed by atoms with van der Waals surface area (Å²) in [7, 11) is 0. The maximum atomic E-state index is 12.9. The summed E-state index contributed by atoms with van der Waals surface area (Å²) in [6.07, 6.45) is 1.42. The molecule has 0 aromatic heterocycles. The highest BCUT2D eigenvalue weighted by atomic mass is 19.1. The fraction of sp³-hybridized carbons (Fsp3) is 0.533. The van der Waals surface area contributed by atoms with Crippen molar-refractivity contribution in [1.29, 1.82) is 0 Å². The standard InChI is InChI=1S/C15H21FN2O2/c1-11-6-9-20-14(11)15(19)18-8-3-7-17-13-5-2-4-12(16)10-13/h2,4-5,10-11,14,17H,3,6-9H2,1H3,(H,18,19)/t11-,14-/m1/s1. The summed E-state index contributed by atoms with van der Waals surface area (Å²) in [5, 5.41) is 5.99. The molecule has 1 amide bonds. The van der Waals surface area contributed by atoms with Gasteiger partial charge in [0.2, 0.25) is 5.91 Å². The third kappa shape index (κ3) is 4.20. The van der Waals surface area contributed by atoms with Gasteiger partial charge in [-0.05, 0) is 37.0 Å². The number of anilines is 1. The van der Waals surface area contributed by atoms with Gasteiger partial charge in [0.25, 0.3) is 0 Å². The van der Waals surface area contributed by atoms with Crippen LogP contribution in [0.3, 0.4) is 0 Å². The number of carbonyl (C=O) groups excluding carboxylic acids is 1. The smallest absolute Gasteiger partial charge is 0.249 e. The van der Waals surface area contributed by atoms with E-state index < -0.39 is 0 Å². The topological polar surface area (TPSA) is 50.4 Å². The van der Waals surface area contributed by atoms with Crippen LogP contribution in [0.4, 0.5) is 10.1 Å². The van der Waals surface area contributed by atoms with E-state index in [9.17, 15) is 9.18 Å². The fourth-order valence-electron chi connectivity index (χ4n) is 2.26. The van der Waals surface area contributed by atoms with Gasteiger partial charge in [0, 0.05) is 25.4 Å². The zero-order chi connectivity index (χ0) is 14.4. The van der Waals surface area contributed by atoms with Crippen molar-refractivity contribution in [3.8, 4) is 0 Å². The average molecular weight is 280 g/mol. The summed E-state index contributed by atoms with van der Waals surface area (Å²) in [6, 6.07) is 6.34. The monoisotopic (exact) mass is 280 g/mol. The molecular weight excluding hydrogens is 259 g/mol. The molecule has 0 aliphatic carbocycles. The Labute approximate surface area is 118 Å². The van der Waals surface area contributed by atoms with E-state index in [0.29, 0.717) is 25.6 Å². The quantitative estimate of drug-likeness (QED) is 0.785. The molecule has 0 saturated carbocycles. The molecule has 5 heteroatoms. The van der Waals surface area contributed by atoms with Gasteiger partial charge in [0.15, 0.2) is 0 Å². The van der Waals surface area contributed by atoms with Crippen molar-refractivity contribution in [1.82, 2.24) is 5.32 Å². The maximum absolute atomic E-state index is 12.9. The highest BCUT2D eigenvalue weighted by Gasteiger charge is 2.30. The van der Waals surface area contributed by atoms with Crippen LogP contribution in [0.15, 0.2) is 24.3 Å². The number of carbonyl (C=O) groups is 1. The molecule has 2 atom stereocenters. The van der Waals surface area contributed by atoms with Crippen LogP contribution < -0.4 is 10.6 Å². The Morgan fingerprint density at radius 2 is 2.30 bits per heavy atom. The lowest BCUT2D eigenvalue weighted by Crippen LogP contribution is -2.38. The zero-order valence-electron chi connectivity index (χ0n) is 11.7. The van der Waals surface area contributed by atoms with Crippen LogP contribution in [-0.2, 0) is 9.53 Å². The molecule has 0 radical (unpaired) electrons. The summed E-state index contributed by atoms with van der Waals surface area (Å²) in [4.78, 5) is 11.8. The van der Waals surface area contributed by atoms with E-state index in [1.165, 1.54) is 12.1 Å². The first-order valence-electron chi connectivity index (χ1n) is 7.05. The molecule has 0 spiro atoms. The Hall–Kier alpha value is -1.62. The number of hydrogen-bond acceptors (Lipinski definition) is 3. The molecule has 4 nitrogen and oxygen atoms in total. The van der Waals surface area contributed by atoms with Crippen LogP contribution in [0, 0.1) is 11.7 Å². The van der Waals surface area contributed by atoms with Gasteiger partial charge in [-0.3, -0.25) is 4.79 Å². The SMILES string of the molecule is C[C@@H]1CCO[C@H]1C(=O)NCCCNc1cccc(F)c1. The van der Waals surface area contributed by atoms with E-state index in [-0.39, 0.29) is 17.8 Å². The zero-order valence-corrected chi connectivity index (χ0v) is 11.7. The Morgan fingerprint density at radius 3 is 3.00 bits per heavy atom. The molecule has 1 aliphatic rings. The van der Waals surface area contributed by atoms with Gasteiger partial charge in [-0.15, -0.1) is 0 Å². The number of benzene rings is 1. The summed E-state index contributed by atoms with van der Waals surface area (Å²) in [5.41, 5.74) is 0.754. The molecule has 0 unspecified atom stereocenters. The second-order valence-electron chi connectivity index (χ2n) is 5.14. The van der Waals surface area contributed by atoms with Gasteiger partial charge in [0.1, 0.15) is 11.9 Å². The number of hydrogen-bond donors (Lipinski definition) is 2. The predicted octanol–water partition coefficient (Wildman–Crippen LogP) is 2.17. The van der Waals surface area contributed by atoms with Crippen molar-refractivity contribution in [3.05, 3.63) is 30.1 Å².